The van der Waals surface area contributed by atoms with Gasteiger partial charge < -0.3 is 4.74 Å². The molecule has 1 unspecified atom stereocenters. The molecule has 1 fully saturated rings. The molecule has 1 heterocycles. The fourth-order valence-corrected chi connectivity index (χ4v) is 2.48. The van der Waals surface area contributed by atoms with Gasteiger partial charge in [-0.15, -0.1) is 0 Å². The van der Waals surface area contributed by atoms with Crippen molar-refractivity contribution in [1.29, 1.82) is 0 Å². The molecule has 0 aromatic heterocycles. The Morgan fingerprint density at radius 2 is 1.88 bits per heavy atom. The Hall–Kier alpha value is -0.380. The SMILES string of the molecule is CC1(C)COC(C)(Cc2ccc(Br)cc2)N1. The lowest BCUT2D eigenvalue weighted by Crippen LogP contribution is -2.47. The third kappa shape index (κ3) is 2.84. The molecule has 2 nitrogen and oxygen atoms in total. The smallest absolute Gasteiger partial charge is 0.121 e. The van der Waals surface area contributed by atoms with Crippen LogP contribution < -0.4 is 5.32 Å². The van der Waals surface area contributed by atoms with Gasteiger partial charge in [-0.1, -0.05) is 28.1 Å². The predicted molar refractivity (Wildman–Crippen MR) is 69.4 cm³/mol. The maximum atomic E-state index is 5.87. The van der Waals surface area contributed by atoms with Crippen molar-refractivity contribution in [2.75, 3.05) is 6.61 Å². The maximum Gasteiger partial charge on any atom is 0.121 e. The van der Waals surface area contributed by atoms with E-state index in [2.05, 4.69) is 66.3 Å². The molecule has 88 valence electrons. The van der Waals surface area contributed by atoms with Gasteiger partial charge in [0.2, 0.25) is 0 Å². The third-order valence-corrected chi connectivity index (χ3v) is 3.34. The van der Waals surface area contributed by atoms with Crippen molar-refractivity contribution in [3.05, 3.63) is 34.3 Å². The van der Waals surface area contributed by atoms with E-state index in [-0.39, 0.29) is 11.3 Å². The number of nitrogens with one attached hydrogen (secondary N) is 1. The van der Waals surface area contributed by atoms with Crippen LogP contribution in [0.4, 0.5) is 0 Å². The van der Waals surface area contributed by atoms with E-state index in [4.69, 9.17) is 4.74 Å². The molecule has 1 aliphatic rings. The minimum Gasteiger partial charge on any atom is -0.359 e. The Kier molecular flexibility index (Phi) is 3.12. The molecule has 0 spiro atoms. The quantitative estimate of drug-likeness (QED) is 0.901. The molecule has 1 saturated heterocycles. The molecule has 0 saturated carbocycles. The summed E-state index contributed by atoms with van der Waals surface area (Å²) in [6.07, 6.45) is 0.893. The van der Waals surface area contributed by atoms with Crippen LogP contribution in [0.3, 0.4) is 0 Å². The van der Waals surface area contributed by atoms with Gasteiger partial charge in [0.05, 0.1) is 6.61 Å². The normalized spacial score (nSPS) is 28.2. The lowest BCUT2D eigenvalue weighted by Gasteiger charge is -2.26. The van der Waals surface area contributed by atoms with Gasteiger partial charge in [-0.2, -0.15) is 0 Å². The van der Waals surface area contributed by atoms with Gasteiger partial charge in [-0.3, -0.25) is 5.32 Å². The van der Waals surface area contributed by atoms with Crippen LogP contribution in [0.5, 0.6) is 0 Å². The van der Waals surface area contributed by atoms with Gasteiger partial charge in [-0.25, -0.2) is 0 Å². The Labute approximate surface area is 106 Å². The van der Waals surface area contributed by atoms with Gasteiger partial charge in [0.25, 0.3) is 0 Å². The summed E-state index contributed by atoms with van der Waals surface area (Å²) in [5.74, 6) is 0. The number of ether oxygens (including phenoxy) is 1. The number of halogens is 1. The van der Waals surface area contributed by atoms with Gasteiger partial charge in [-0.05, 0) is 38.5 Å². The summed E-state index contributed by atoms with van der Waals surface area (Å²) in [4.78, 5) is 0. The molecule has 0 bridgehead atoms. The molecule has 0 amide bonds. The first kappa shape index (κ1) is 12.1. The second-order valence-electron chi connectivity index (χ2n) is 5.33. The van der Waals surface area contributed by atoms with Crippen molar-refractivity contribution in [3.63, 3.8) is 0 Å². The van der Waals surface area contributed by atoms with Crippen LogP contribution >= 0.6 is 15.9 Å². The summed E-state index contributed by atoms with van der Waals surface area (Å²) < 4.78 is 6.98. The van der Waals surface area contributed by atoms with Crippen molar-refractivity contribution in [2.24, 2.45) is 0 Å². The van der Waals surface area contributed by atoms with E-state index in [9.17, 15) is 0 Å². The summed E-state index contributed by atoms with van der Waals surface area (Å²) in [6, 6.07) is 8.40. The Bertz CT molecular complexity index is 374. The first-order valence-corrected chi connectivity index (χ1v) is 6.36. The Balaban J connectivity index is 2.07. The maximum absolute atomic E-state index is 5.87. The van der Waals surface area contributed by atoms with Crippen molar-refractivity contribution in [2.45, 2.75) is 38.5 Å². The lowest BCUT2D eigenvalue weighted by atomic mass is 10.0. The fraction of sp³-hybridized carbons (Fsp3) is 0.538. The topological polar surface area (TPSA) is 21.3 Å². The monoisotopic (exact) mass is 283 g/mol. The van der Waals surface area contributed by atoms with E-state index >= 15 is 0 Å². The van der Waals surface area contributed by atoms with Crippen LogP contribution in [-0.4, -0.2) is 17.9 Å². The molecule has 1 atom stereocenters. The van der Waals surface area contributed by atoms with E-state index < -0.39 is 0 Å². The van der Waals surface area contributed by atoms with Crippen molar-refractivity contribution in [3.8, 4) is 0 Å². The molecule has 2 rings (SSSR count). The van der Waals surface area contributed by atoms with E-state index in [1.54, 1.807) is 0 Å². The summed E-state index contributed by atoms with van der Waals surface area (Å²) in [5, 5.41) is 3.54. The Morgan fingerprint density at radius 1 is 1.25 bits per heavy atom. The van der Waals surface area contributed by atoms with Gasteiger partial charge in [0, 0.05) is 16.4 Å². The van der Waals surface area contributed by atoms with Crippen LogP contribution in [0.1, 0.15) is 26.3 Å². The molecule has 1 N–H and O–H groups in total. The summed E-state index contributed by atoms with van der Waals surface area (Å²) in [7, 11) is 0. The number of hydrogen-bond acceptors (Lipinski definition) is 2. The zero-order chi connectivity index (χ0) is 11.8. The molecule has 3 heteroatoms. The average molecular weight is 284 g/mol. The van der Waals surface area contributed by atoms with Crippen molar-refractivity contribution < 1.29 is 4.74 Å². The highest BCUT2D eigenvalue weighted by atomic mass is 79.9. The van der Waals surface area contributed by atoms with Crippen LogP contribution in [0.15, 0.2) is 28.7 Å². The van der Waals surface area contributed by atoms with Crippen LogP contribution in [-0.2, 0) is 11.2 Å². The minimum absolute atomic E-state index is 0.0735. The standard InChI is InChI=1S/C13H18BrNO/c1-12(2)9-16-13(3,15-12)8-10-4-6-11(14)7-5-10/h4-7,15H,8-9H2,1-3H3. The largest absolute Gasteiger partial charge is 0.359 e. The van der Waals surface area contributed by atoms with Crippen LogP contribution in [0, 0.1) is 0 Å². The van der Waals surface area contributed by atoms with Crippen LogP contribution in [0.2, 0.25) is 0 Å². The Morgan fingerprint density at radius 3 is 2.38 bits per heavy atom. The number of benzene rings is 1. The summed E-state index contributed by atoms with van der Waals surface area (Å²) in [6.45, 7) is 7.21. The predicted octanol–water partition coefficient (Wildman–Crippen LogP) is 3.11. The first-order chi connectivity index (χ1) is 7.39. The molecular formula is C13H18BrNO. The molecular weight excluding hydrogens is 266 g/mol. The molecule has 1 aromatic carbocycles. The first-order valence-electron chi connectivity index (χ1n) is 5.56. The molecule has 0 aliphatic carbocycles. The zero-order valence-corrected chi connectivity index (χ0v) is 11.6. The number of rotatable bonds is 2. The third-order valence-electron chi connectivity index (χ3n) is 2.81. The van der Waals surface area contributed by atoms with E-state index in [0.717, 1.165) is 17.5 Å². The summed E-state index contributed by atoms with van der Waals surface area (Å²) >= 11 is 3.44. The van der Waals surface area contributed by atoms with Gasteiger partial charge >= 0.3 is 0 Å². The summed E-state index contributed by atoms with van der Waals surface area (Å²) in [5.41, 5.74) is 1.12. The highest BCUT2D eigenvalue weighted by molar-refractivity contribution is 9.10. The van der Waals surface area contributed by atoms with E-state index in [0.29, 0.717) is 0 Å². The molecule has 0 radical (unpaired) electrons. The van der Waals surface area contributed by atoms with E-state index in [1.807, 2.05) is 0 Å². The molecule has 1 aliphatic heterocycles. The van der Waals surface area contributed by atoms with Gasteiger partial charge in [0.1, 0.15) is 5.72 Å². The number of hydrogen-bond donors (Lipinski definition) is 1. The second kappa shape index (κ2) is 4.13. The average Bonchev–Trinajstić information content (AvgIpc) is 2.45. The minimum atomic E-state index is -0.239. The second-order valence-corrected chi connectivity index (χ2v) is 6.25. The van der Waals surface area contributed by atoms with Crippen molar-refractivity contribution >= 4 is 15.9 Å². The van der Waals surface area contributed by atoms with Crippen LogP contribution in [0.25, 0.3) is 0 Å². The highest BCUT2D eigenvalue weighted by Crippen LogP contribution is 2.26. The van der Waals surface area contributed by atoms with E-state index in [1.165, 1.54) is 5.56 Å². The lowest BCUT2D eigenvalue weighted by molar-refractivity contribution is 0.00669. The van der Waals surface area contributed by atoms with Crippen molar-refractivity contribution in [1.82, 2.24) is 5.32 Å². The molecule has 16 heavy (non-hydrogen) atoms. The van der Waals surface area contributed by atoms with Gasteiger partial charge in [0.15, 0.2) is 0 Å². The zero-order valence-electron chi connectivity index (χ0n) is 10.0. The fourth-order valence-electron chi connectivity index (χ4n) is 2.21. The molecule has 1 aromatic rings. The highest BCUT2D eigenvalue weighted by Gasteiger charge is 2.39.